The number of ether oxygens (including phenoxy) is 1. The van der Waals surface area contributed by atoms with Gasteiger partial charge in [0.05, 0.1) is 0 Å². The Morgan fingerprint density at radius 2 is 1.90 bits per heavy atom. The van der Waals surface area contributed by atoms with Crippen molar-refractivity contribution in [3.8, 4) is 5.75 Å². The van der Waals surface area contributed by atoms with Crippen molar-refractivity contribution in [3.05, 3.63) is 65.1 Å². The SMILES string of the molecule is O=C(NC[C@@H](c1cccs1)n1cccn1)C(=O)Nc1ccc(OC(F)(F)F)cc1. The van der Waals surface area contributed by atoms with Gasteiger partial charge in [0.2, 0.25) is 0 Å². The number of halogens is 3. The molecule has 1 atom stereocenters. The van der Waals surface area contributed by atoms with E-state index in [0.29, 0.717) is 0 Å². The first-order chi connectivity index (χ1) is 13.8. The number of benzene rings is 1. The van der Waals surface area contributed by atoms with Crippen LogP contribution in [0.15, 0.2) is 60.2 Å². The molecule has 0 radical (unpaired) electrons. The molecule has 29 heavy (non-hydrogen) atoms. The van der Waals surface area contributed by atoms with Gasteiger partial charge in [-0.3, -0.25) is 14.3 Å². The number of anilines is 1. The molecule has 2 N–H and O–H groups in total. The molecule has 2 heterocycles. The van der Waals surface area contributed by atoms with Crippen molar-refractivity contribution in [2.45, 2.75) is 12.4 Å². The van der Waals surface area contributed by atoms with Crippen LogP contribution in [0, 0.1) is 0 Å². The number of carbonyl (C=O) groups excluding carboxylic acids is 2. The van der Waals surface area contributed by atoms with Crippen molar-refractivity contribution < 1.29 is 27.5 Å². The summed E-state index contributed by atoms with van der Waals surface area (Å²) in [5.74, 6) is -2.26. The van der Waals surface area contributed by atoms with Gasteiger partial charge in [-0.05, 0) is 41.8 Å². The van der Waals surface area contributed by atoms with Gasteiger partial charge in [0.15, 0.2) is 0 Å². The van der Waals surface area contributed by atoms with Crippen molar-refractivity contribution >= 4 is 28.8 Å². The first-order valence-electron chi connectivity index (χ1n) is 8.29. The van der Waals surface area contributed by atoms with E-state index in [1.807, 2.05) is 17.5 Å². The van der Waals surface area contributed by atoms with E-state index in [1.54, 1.807) is 23.1 Å². The zero-order chi connectivity index (χ0) is 20.9. The zero-order valence-electron chi connectivity index (χ0n) is 14.7. The molecule has 0 saturated carbocycles. The molecule has 0 spiro atoms. The normalized spacial score (nSPS) is 12.2. The second kappa shape index (κ2) is 8.78. The Balaban J connectivity index is 1.57. The summed E-state index contributed by atoms with van der Waals surface area (Å²) in [5.41, 5.74) is 0.154. The van der Waals surface area contributed by atoms with Crippen LogP contribution in [-0.4, -0.2) is 34.5 Å². The van der Waals surface area contributed by atoms with E-state index in [0.717, 1.165) is 17.0 Å². The van der Waals surface area contributed by atoms with Crippen LogP contribution in [0.3, 0.4) is 0 Å². The van der Waals surface area contributed by atoms with Gasteiger partial charge in [-0.15, -0.1) is 24.5 Å². The molecule has 0 fully saturated rings. The molecule has 2 amide bonds. The van der Waals surface area contributed by atoms with Gasteiger partial charge in [0.25, 0.3) is 0 Å². The summed E-state index contributed by atoms with van der Waals surface area (Å²) in [6, 6.07) is 9.71. The van der Waals surface area contributed by atoms with Crippen LogP contribution in [0.4, 0.5) is 18.9 Å². The number of aromatic nitrogens is 2. The number of nitrogens with one attached hydrogen (secondary N) is 2. The summed E-state index contributed by atoms with van der Waals surface area (Å²) in [6.07, 6.45) is -1.44. The highest BCUT2D eigenvalue weighted by Crippen LogP contribution is 2.24. The Bertz CT molecular complexity index is 908. The van der Waals surface area contributed by atoms with Gasteiger partial charge in [-0.1, -0.05) is 6.07 Å². The zero-order valence-corrected chi connectivity index (χ0v) is 15.5. The topological polar surface area (TPSA) is 85.2 Å². The van der Waals surface area contributed by atoms with E-state index < -0.39 is 23.9 Å². The third kappa shape index (κ3) is 5.82. The van der Waals surface area contributed by atoms with Gasteiger partial charge in [0, 0.05) is 29.5 Å². The lowest BCUT2D eigenvalue weighted by atomic mass is 10.2. The van der Waals surface area contributed by atoms with Crippen LogP contribution in [0.25, 0.3) is 0 Å². The minimum Gasteiger partial charge on any atom is -0.406 e. The fourth-order valence-corrected chi connectivity index (χ4v) is 3.29. The van der Waals surface area contributed by atoms with Gasteiger partial charge in [-0.25, -0.2) is 0 Å². The molecule has 0 aliphatic heterocycles. The highest BCUT2D eigenvalue weighted by molar-refractivity contribution is 7.10. The van der Waals surface area contributed by atoms with E-state index >= 15 is 0 Å². The lowest BCUT2D eigenvalue weighted by molar-refractivity contribution is -0.274. The average Bonchev–Trinajstić information content (AvgIpc) is 3.36. The van der Waals surface area contributed by atoms with Crippen molar-refractivity contribution in [3.63, 3.8) is 0 Å². The van der Waals surface area contributed by atoms with Gasteiger partial charge >= 0.3 is 18.2 Å². The van der Waals surface area contributed by atoms with Crippen molar-refractivity contribution in [2.75, 3.05) is 11.9 Å². The van der Waals surface area contributed by atoms with Crippen LogP contribution in [0.1, 0.15) is 10.9 Å². The lowest BCUT2D eigenvalue weighted by Gasteiger charge is -2.17. The Hall–Kier alpha value is -3.34. The molecule has 2 aromatic heterocycles. The van der Waals surface area contributed by atoms with E-state index in [-0.39, 0.29) is 18.3 Å². The average molecular weight is 424 g/mol. The number of nitrogens with zero attached hydrogens (tertiary/aromatic N) is 2. The highest BCUT2D eigenvalue weighted by atomic mass is 32.1. The van der Waals surface area contributed by atoms with E-state index in [2.05, 4.69) is 20.5 Å². The maximum absolute atomic E-state index is 12.2. The molecule has 3 rings (SSSR count). The molecule has 0 aliphatic rings. The van der Waals surface area contributed by atoms with Crippen LogP contribution in [0.2, 0.25) is 0 Å². The first kappa shape index (κ1) is 20.4. The van der Waals surface area contributed by atoms with Crippen molar-refractivity contribution in [2.24, 2.45) is 0 Å². The number of carbonyl (C=O) groups is 2. The van der Waals surface area contributed by atoms with Gasteiger partial charge < -0.3 is 15.4 Å². The van der Waals surface area contributed by atoms with Crippen molar-refractivity contribution in [1.29, 1.82) is 0 Å². The second-order valence-electron chi connectivity index (χ2n) is 5.75. The number of thiophene rings is 1. The summed E-state index contributed by atoms with van der Waals surface area (Å²) >= 11 is 1.49. The second-order valence-corrected chi connectivity index (χ2v) is 6.73. The van der Waals surface area contributed by atoms with Crippen LogP contribution in [0.5, 0.6) is 5.75 Å². The number of amides is 2. The maximum Gasteiger partial charge on any atom is 0.573 e. The van der Waals surface area contributed by atoms with E-state index in [4.69, 9.17) is 0 Å². The number of hydrogen-bond acceptors (Lipinski definition) is 5. The molecular weight excluding hydrogens is 409 g/mol. The molecule has 1 aromatic carbocycles. The molecule has 0 saturated heterocycles. The Morgan fingerprint density at radius 1 is 1.14 bits per heavy atom. The van der Waals surface area contributed by atoms with Crippen LogP contribution >= 0.6 is 11.3 Å². The molecule has 7 nitrogen and oxygen atoms in total. The predicted molar refractivity (Wildman–Crippen MR) is 99.4 cm³/mol. The molecule has 0 bridgehead atoms. The molecule has 0 aliphatic carbocycles. The minimum atomic E-state index is -4.81. The number of rotatable bonds is 6. The van der Waals surface area contributed by atoms with Gasteiger partial charge in [0.1, 0.15) is 11.8 Å². The quantitative estimate of drug-likeness (QED) is 0.596. The lowest BCUT2D eigenvalue weighted by Crippen LogP contribution is -2.38. The molecule has 3 aromatic rings. The van der Waals surface area contributed by atoms with Gasteiger partial charge in [-0.2, -0.15) is 5.10 Å². The standard InChI is InChI=1S/C18H15F3N4O3S/c19-18(20,21)28-13-6-4-12(5-7-13)24-17(27)16(26)22-11-14(15-3-1-10-29-15)25-9-2-8-23-25/h1-10,14H,11H2,(H,22,26)(H,24,27)/t14-/m0/s1. The van der Waals surface area contributed by atoms with Crippen LogP contribution < -0.4 is 15.4 Å². The highest BCUT2D eigenvalue weighted by Gasteiger charge is 2.31. The van der Waals surface area contributed by atoms with E-state index in [9.17, 15) is 22.8 Å². The summed E-state index contributed by atoms with van der Waals surface area (Å²) in [5, 5.41) is 10.9. The number of hydrogen-bond donors (Lipinski definition) is 2. The molecule has 11 heteroatoms. The molecule has 0 unspecified atom stereocenters. The summed E-state index contributed by atoms with van der Waals surface area (Å²) in [4.78, 5) is 25.1. The fraction of sp³-hybridized carbons (Fsp3) is 0.167. The number of alkyl halides is 3. The predicted octanol–water partition coefficient (Wildman–Crippen LogP) is 3.19. The van der Waals surface area contributed by atoms with Crippen LogP contribution in [-0.2, 0) is 9.59 Å². The molecule has 152 valence electrons. The largest absolute Gasteiger partial charge is 0.573 e. The monoisotopic (exact) mass is 424 g/mol. The molecular formula is C18H15F3N4O3S. The summed E-state index contributed by atoms with van der Waals surface area (Å²) < 4.78 is 41.9. The Kier molecular flexibility index (Phi) is 6.17. The summed E-state index contributed by atoms with van der Waals surface area (Å²) in [6.45, 7) is 0.132. The summed E-state index contributed by atoms with van der Waals surface area (Å²) in [7, 11) is 0. The van der Waals surface area contributed by atoms with E-state index in [1.165, 1.54) is 23.5 Å². The maximum atomic E-state index is 12.2. The van der Waals surface area contributed by atoms with Crippen molar-refractivity contribution in [1.82, 2.24) is 15.1 Å². The minimum absolute atomic E-state index is 0.132. The Morgan fingerprint density at radius 3 is 2.48 bits per heavy atom. The Labute approximate surface area is 167 Å². The smallest absolute Gasteiger partial charge is 0.406 e. The third-order valence-electron chi connectivity index (χ3n) is 3.72. The fourth-order valence-electron chi connectivity index (χ4n) is 2.47. The first-order valence-corrected chi connectivity index (χ1v) is 9.17. The third-order valence-corrected chi connectivity index (χ3v) is 4.70.